The number of pyridine rings is 1. The fourth-order valence-corrected chi connectivity index (χ4v) is 3.56. The number of hydrogen-bond donors (Lipinski definition) is 0. The van der Waals surface area contributed by atoms with Crippen LogP contribution < -0.4 is 0 Å². The molecule has 3 heterocycles. The second kappa shape index (κ2) is 4.91. The van der Waals surface area contributed by atoms with Crippen molar-refractivity contribution in [3.8, 4) is 11.3 Å². The second-order valence-electron chi connectivity index (χ2n) is 5.82. The van der Waals surface area contributed by atoms with Gasteiger partial charge in [-0.25, -0.2) is 9.97 Å². The summed E-state index contributed by atoms with van der Waals surface area (Å²) in [4.78, 5) is 27.3. The highest BCUT2D eigenvalue weighted by molar-refractivity contribution is 6.00. The summed E-state index contributed by atoms with van der Waals surface area (Å²) >= 11 is 0. The molecular weight excluding hydrogens is 264 g/mol. The Labute approximate surface area is 123 Å². The molecule has 0 N–H and O–H groups in total. The number of rotatable bonds is 2. The van der Waals surface area contributed by atoms with Crippen LogP contribution in [0.5, 0.6) is 0 Å². The maximum atomic E-state index is 12.9. The molecule has 0 radical (unpaired) electrons. The summed E-state index contributed by atoms with van der Waals surface area (Å²) in [5.41, 5.74) is 2.11. The van der Waals surface area contributed by atoms with Gasteiger partial charge in [-0.1, -0.05) is 0 Å². The van der Waals surface area contributed by atoms with E-state index in [1.165, 1.54) is 12.7 Å². The number of aromatic nitrogens is 3. The van der Waals surface area contributed by atoms with Crippen molar-refractivity contribution in [1.82, 2.24) is 19.9 Å². The number of amides is 1. The van der Waals surface area contributed by atoms with Crippen LogP contribution in [0.2, 0.25) is 0 Å². The fraction of sp³-hybridized carbons (Fsp3) is 0.375. The van der Waals surface area contributed by atoms with Crippen molar-refractivity contribution in [2.75, 3.05) is 6.54 Å². The molecule has 4 rings (SSSR count). The fourth-order valence-electron chi connectivity index (χ4n) is 3.56. The van der Waals surface area contributed by atoms with Crippen LogP contribution in [-0.4, -0.2) is 38.3 Å². The maximum absolute atomic E-state index is 12.9. The van der Waals surface area contributed by atoms with E-state index in [2.05, 4.69) is 15.0 Å². The molecule has 2 aromatic heterocycles. The van der Waals surface area contributed by atoms with Gasteiger partial charge in [0.2, 0.25) is 0 Å². The second-order valence-corrected chi connectivity index (χ2v) is 5.82. The highest BCUT2D eigenvalue weighted by atomic mass is 16.2. The Balaban J connectivity index is 1.71. The molecule has 2 aliphatic rings. The summed E-state index contributed by atoms with van der Waals surface area (Å²) in [5.74, 6) is 0.785. The van der Waals surface area contributed by atoms with Gasteiger partial charge in [0.15, 0.2) is 0 Å². The molecule has 2 atom stereocenters. The molecule has 5 nitrogen and oxygen atoms in total. The minimum atomic E-state index is 0.0918. The van der Waals surface area contributed by atoms with Crippen LogP contribution in [0.15, 0.2) is 37.1 Å². The number of piperidine rings is 1. The van der Waals surface area contributed by atoms with Gasteiger partial charge in [-0.15, -0.1) is 0 Å². The molecule has 1 aliphatic carbocycles. The van der Waals surface area contributed by atoms with Gasteiger partial charge in [-0.05, 0) is 37.3 Å². The van der Waals surface area contributed by atoms with Crippen molar-refractivity contribution >= 4 is 5.91 Å². The molecule has 2 aromatic rings. The van der Waals surface area contributed by atoms with Crippen molar-refractivity contribution < 1.29 is 4.79 Å². The van der Waals surface area contributed by atoms with Gasteiger partial charge in [-0.3, -0.25) is 9.78 Å². The standard InChI is InChI=1S/C16H16N4O/c21-16(20-9-11-3-4-13(20)6-11)14-2-1-5-19-15(14)12-7-17-10-18-8-12/h1-2,5,7-8,10-11,13H,3-4,6,9H2/t11-,13+/m0/s1. The van der Waals surface area contributed by atoms with Crippen molar-refractivity contribution in [3.05, 3.63) is 42.6 Å². The first-order chi connectivity index (χ1) is 10.3. The van der Waals surface area contributed by atoms with E-state index in [-0.39, 0.29) is 5.91 Å². The van der Waals surface area contributed by atoms with E-state index in [0.29, 0.717) is 23.2 Å². The lowest BCUT2D eigenvalue weighted by molar-refractivity contribution is 0.0704. The van der Waals surface area contributed by atoms with Crippen LogP contribution in [0.3, 0.4) is 0 Å². The molecule has 0 unspecified atom stereocenters. The first kappa shape index (κ1) is 12.4. The molecular formula is C16H16N4O. The van der Waals surface area contributed by atoms with E-state index in [9.17, 15) is 4.79 Å². The SMILES string of the molecule is O=C(c1cccnc1-c1cncnc1)N1C[C@H]2CC[C@@H]1C2. The number of fused-ring (bicyclic) bond motifs is 2. The van der Waals surface area contributed by atoms with E-state index in [4.69, 9.17) is 0 Å². The van der Waals surface area contributed by atoms with Crippen LogP contribution in [-0.2, 0) is 0 Å². The van der Waals surface area contributed by atoms with E-state index >= 15 is 0 Å². The Morgan fingerprint density at radius 3 is 2.81 bits per heavy atom. The zero-order chi connectivity index (χ0) is 14.2. The summed E-state index contributed by atoms with van der Waals surface area (Å²) in [7, 11) is 0. The molecule has 5 heteroatoms. The van der Waals surface area contributed by atoms with Crippen molar-refractivity contribution in [2.45, 2.75) is 25.3 Å². The van der Waals surface area contributed by atoms with E-state index in [0.717, 1.165) is 24.9 Å². The largest absolute Gasteiger partial charge is 0.335 e. The van der Waals surface area contributed by atoms with Crippen LogP contribution in [0.25, 0.3) is 11.3 Å². The first-order valence-corrected chi connectivity index (χ1v) is 7.34. The van der Waals surface area contributed by atoms with Crippen LogP contribution >= 0.6 is 0 Å². The third kappa shape index (κ3) is 2.09. The number of carbonyl (C=O) groups is 1. The minimum Gasteiger partial charge on any atom is -0.335 e. The average molecular weight is 280 g/mol. The van der Waals surface area contributed by atoms with Gasteiger partial charge in [-0.2, -0.15) is 0 Å². The maximum Gasteiger partial charge on any atom is 0.256 e. The zero-order valence-corrected chi connectivity index (χ0v) is 11.6. The molecule has 2 bridgehead atoms. The summed E-state index contributed by atoms with van der Waals surface area (Å²) in [6.07, 6.45) is 10.1. The third-order valence-corrected chi connectivity index (χ3v) is 4.54. The molecule has 2 fully saturated rings. The molecule has 0 spiro atoms. The van der Waals surface area contributed by atoms with Gasteiger partial charge < -0.3 is 4.90 Å². The Bertz CT molecular complexity index is 673. The molecule has 1 saturated carbocycles. The van der Waals surface area contributed by atoms with Crippen molar-refractivity contribution in [3.63, 3.8) is 0 Å². The smallest absolute Gasteiger partial charge is 0.256 e. The topological polar surface area (TPSA) is 59.0 Å². The molecule has 0 aromatic carbocycles. The van der Waals surface area contributed by atoms with Gasteiger partial charge in [0.1, 0.15) is 6.33 Å². The quantitative estimate of drug-likeness (QED) is 0.846. The Morgan fingerprint density at radius 2 is 2.10 bits per heavy atom. The molecule has 1 saturated heterocycles. The molecule has 1 amide bonds. The van der Waals surface area contributed by atoms with Gasteiger partial charge >= 0.3 is 0 Å². The lowest BCUT2D eigenvalue weighted by Gasteiger charge is -2.27. The molecule has 1 aliphatic heterocycles. The number of nitrogens with zero attached hydrogens (tertiary/aromatic N) is 4. The minimum absolute atomic E-state index is 0.0918. The lowest BCUT2D eigenvalue weighted by Crippen LogP contribution is -2.37. The number of likely N-dealkylation sites (tertiary alicyclic amines) is 1. The van der Waals surface area contributed by atoms with Gasteiger partial charge in [0.25, 0.3) is 5.91 Å². The first-order valence-electron chi connectivity index (χ1n) is 7.34. The Kier molecular flexibility index (Phi) is 2.91. The highest BCUT2D eigenvalue weighted by Gasteiger charge is 2.40. The Hall–Kier alpha value is -2.30. The van der Waals surface area contributed by atoms with Crippen LogP contribution in [0.4, 0.5) is 0 Å². The number of carbonyl (C=O) groups excluding carboxylic acids is 1. The summed E-state index contributed by atoms with van der Waals surface area (Å²) in [6.45, 7) is 0.892. The van der Waals surface area contributed by atoms with Crippen molar-refractivity contribution in [1.29, 1.82) is 0 Å². The van der Waals surface area contributed by atoms with Crippen LogP contribution in [0.1, 0.15) is 29.6 Å². The zero-order valence-electron chi connectivity index (χ0n) is 11.6. The predicted octanol–water partition coefficient (Wildman–Crippen LogP) is 2.16. The average Bonchev–Trinajstić information content (AvgIpc) is 3.18. The monoisotopic (exact) mass is 280 g/mol. The van der Waals surface area contributed by atoms with E-state index < -0.39 is 0 Å². The summed E-state index contributed by atoms with van der Waals surface area (Å²) in [6, 6.07) is 4.08. The van der Waals surface area contributed by atoms with E-state index in [1.54, 1.807) is 18.6 Å². The predicted molar refractivity (Wildman–Crippen MR) is 77.4 cm³/mol. The normalized spacial score (nSPS) is 23.5. The summed E-state index contributed by atoms with van der Waals surface area (Å²) < 4.78 is 0. The Morgan fingerprint density at radius 1 is 1.24 bits per heavy atom. The lowest BCUT2D eigenvalue weighted by atomic mass is 10.1. The summed E-state index contributed by atoms with van der Waals surface area (Å²) in [5, 5.41) is 0. The van der Waals surface area contributed by atoms with Gasteiger partial charge in [0, 0.05) is 36.7 Å². The van der Waals surface area contributed by atoms with E-state index in [1.807, 2.05) is 17.0 Å². The molecule has 21 heavy (non-hydrogen) atoms. The van der Waals surface area contributed by atoms with Crippen molar-refractivity contribution in [2.24, 2.45) is 5.92 Å². The molecule has 106 valence electrons. The highest BCUT2D eigenvalue weighted by Crippen LogP contribution is 2.38. The number of hydrogen-bond acceptors (Lipinski definition) is 4. The van der Waals surface area contributed by atoms with Crippen LogP contribution in [0, 0.1) is 5.92 Å². The van der Waals surface area contributed by atoms with Gasteiger partial charge in [0.05, 0.1) is 11.3 Å². The third-order valence-electron chi connectivity index (χ3n) is 4.54.